The Labute approximate surface area is 187 Å². The molecule has 0 radical (unpaired) electrons. The lowest BCUT2D eigenvalue weighted by Crippen LogP contribution is -2.52. The van der Waals surface area contributed by atoms with Crippen molar-refractivity contribution in [2.24, 2.45) is 11.8 Å². The van der Waals surface area contributed by atoms with Crippen LogP contribution in [0, 0.1) is 11.8 Å². The van der Waals surface area contributed by atoms with Gasteiger partial charge in [-0.1, -0.05) is 25.1 Å². The molecule has 3 atom stereocenters. The maximum Gasteiger partial charge on any atom is 0.280 e. The summed E-state index contributed by atoms with van der Waals surface area (Å²) in [5, 5.41) is 0. The molecule has 3 fully saturated rings. The van der Waals surface area contributed by atoms with Gasteiger partial charge in [-0.3, -0.25) is 4.90 Å². The maximum atomic E-state index is 12.8. The van der Waals surface area contributed by atoms with Crippen LogP contribution < -0.4 is 4.72 Å². The van der Waals surface area contributed by atoms with Crippen molar-refractivity contribution in [3.05, 3.63) is 34.9 Å². The number of morpholine rings is 1. The summed E-state index contributed by atoms with van der Waals surface area (Å²) in [5.41, 5.74) is 4.06. The summed E-state index contributed by atoms with van der Waals surface area (Å²) >= 11 is 0. The molecule has 1 spiro atoms. The highest BCUT2D eigenvalue weighted by atomic mass is 32.2. The van der Waals surface area contributed by atoms with Crippen LogP contribution in [-0.4, -0.2) is 69.1 Å². The Hall–Kier alpha value is -0.990. The van der Waals surface area contributed by atoms with E-state index in [1.54, 1.807) is 4.31 Å². The lowest BCUT2D eigenvalue weighted by atomic mass is 9.79. The first-order valence-electron chi connectivity index (χ1n) is 12.2. The van der Waals surface area contributed by atoms with E-state index in [0.717, 1.165) is 71.4 Å². The van der Waals surface area contributed by atoms with Crippen LogP contribution in [0.2, 0.25) is 0 Å². The third-order valence-electron chi connectivity index (χ3n) is 8.14. The molecule has 2 aliphatic carbocycles. The molecular weight excluding hydrogens is 410 g/mol. The van der Waals surface area contributed by atoms with Crippen LogP contribution in [0.3, 0.4) is 0 Å². The zero-order valence-electron chi connectivity index (χ0n) is 18.8. The Morgan fingerprint density at radius 3 is 2.58 bits per heavy atom. The number of nitrogens with zero attached hydrogens (tertiary/aromatic N) is 2. The Bertz CT molecular complexity index is 899. The third kappa shape index (κ3) is 4.20. The lowest BCUT2D eigenvalue weighted by Gasteiger charge is -2.33. The van der Waals surface area contributed by atoms with Gasteiger partial charge >= 0.3 is 0 Å². The van der Waals surface area contributed by atoms with Crippen molar-refractivity contribution in [3.63, 3.8) is 0 Å². The van der Waals surface area contributed by atoms with Gasteiger partial charge in [0.1, 0.15) is 0 Å². The predicted molar refractivity (Wildman–Crippen MR) is 122 cm³/mol. The van der Waals surface area contributed by atoms with Crippen molar-refractivity contribution in [2.45, 2.75) is 57.4 Å². The molecule has 1 saturated carbocycles. The van der Waals surface area contributed by atoms with Gasteiger partial charge in [-0.2, -0.15) is 17.4 Å². The van der Waals surface area contributed by atoms with Gasteiger partial charge in [-0.25, -0.2) is 0 Å². The zero-order chi connectivity index (χ0) is 21.5. The summed E-state index contributed by atoms with van der Waals surface area (Å²) in [6.07, 6.45) is 7.43. The summed E-state index contributed by atoms with van der Waals surface area (Å²) < 4.78 is 36.0. The SMILES string of the molecule is CCCN1C[C@@]2(NS1(=O)=O)[C@@H]1CC[C@H]2Cc2cc(CCCN3CCOCC3)ccc2C1. The van der Waals surface area contributed by atoms with Crippen LogP contribution in [0.15, 0.2) is 18.2 Å². The van der Waals surface area contributed by atoms with Crippen molar-refractivity contribution < 1.29 is 13.2 Å². The standard InChI is InChI=1S/C24H37N3O3S/c1-2-9-27-18-24(25-31(27,28)29)22-7-8-23(24)17-21-15-19(5-6-20(21)16-22)4-3-10-26-11-13-30-14-12-26/h5-6,15,22-23,25H,2-4,7-14,16-18H2,1H3/t22-,23+,24-/m1/s1. The molecule has 2 bridgehead atoms. The van der Waals surface area contributed by atoms with Gasteiger partial charge in [-0.15, -0.1) is 0 Å². The minimum atomic E-state index is -3.35. The highest BCUT2D eigenvalue weighted by Crippen LogP contribution is 2.50. The van der Waals surface area contributed by atoms with Gasteiger partial charge in [0.25, 0.3) is 10.2 Å². The van der Waals surface area contributed by atoms with E-state index in [1.165, 1.54) is 23.1 Å². The molecule has 1 aromatic rings. The van der Waals surface area contributed by atoms with E-state index in [1.807, 2.05) is 0 Å². The molecule has 6 nitrogen and oxygen atoms in total. The maximum absolute atomic E-state index is 12.8. The fraction of sp³-hybridized carbons (Fsp3) is 0.750. The van der Waals surface area contributed by atoms with E-state index in [-0.39, 0.29) is 5.54 Å². The average molecular weight is 448 g/mol. The van der Waals surface area contributed by atoms with Crippen LogP contribution in [0.25, 0.3) is 0 Å². The number of aryl methyl sites for hydroxylation is 1. The van der Waals surface area contributed by atoms with E-state index >= 15 is 0 Å². The number of nitrogens with one attached hydrogen (secondary N) is 1. The van der Waals surface area contributed by atoms with Crippen molar-refractivity contribution in [1.29, 1.82) is 0 Å². The highest BCUT2D eigenvalue weighted by Gasteiger charge is 2.59. The smallest absolute Gasteiger partial charge is 0.280 e. The molecule has 4 aliphatic rings. The molecule has 2 aliphatic heterocycles. The minimum Gasteiger partial charge on any atom is -0.379 e. The first-order valence-corrected chi connectivity index (χ1v) is 13.6. The number of rotatable bonds is 6. The molecule has 0 aromatic heterocycles. The van der Waals surface area contributed by atoms with Crippen molar-refractivity contribution >= 4 is 10.2 Å². The fourth-order valence-electron chi connectivity index (χ4n) is 6.49. The summed E-state index contributed by atoms with van der Waals surface area (Å²) in [5.74, 6) is 0.807. The normalized spacial score (nSPS) is 32.9. The Kier molecular flexibility index (Phi) is 6.16. The average Bonchev–Trinajstić information content (AvgIpc) is 3.14. The summed E-state index contributed by atoms with van der Waals surface area (Å²) in [6.45, 7) is 8.31. The quantitative estimate of drug-likeness (QED) is 0.727. The monoisotopic (exact) mass is 447 g/mol. The largest absolute Gasteiger partial charge is 0.379 e. The molecule has 1 N–H and O–H groups in total. The second-order valence-electron chi connectivity index (χ2n) is 10.0. The van der Waals surface area contributed by atoms with Crippen LogP contribution in [0.1, 0.15) is 49.3 Å². The third-order valence-corrected chi connectivity index (χ3v) is 9.77. The van der Waals surface area contributed by atoms with Crippen LogP contribution in [0.4, 0.5) is 0 Å². The van der Waals surface area contributed by atoms with E-state index in [0.29, 0.717) is 24.9 Å². The first kappa shape index (κ1) is 21.8. The van der Waals surface area contributed by atoms with Crippen molar-refractivity contribution in [1.82, 2.24) is 13.9 Å². The summed E-state index contributed by atoms with van der Waals surface area (Å²) in [6, 6.07) is 7.07. The summed E-state index contributed by atoms with van der Waals surface area (Å²) in [7, 11) is -3.35. The van der Waals surface area contributed by atoms with Gasteiger partial charge < -0.3 is 4.74 Å². The van der Waals surface area contributed by atoms with Gasteiger partial charge in [0.2, 0.25) is 0 Å². The van der Waals surface area contributed by atoms with Gasteiger partial charge in [0.15, 0.2) is 0 Å². The molecule has 0 unspecified atom stereocenters. The van der Waals surface area contributed by atoms with Crippen LogP contribution in [0.5, 0.6) is 0 Å². The van der Waals surface area contributed by atoms with E-state index < -0.39 is 10.2 Å². The zero-order valence-corrected chi connectivity index (χ0v) is 19.6. The van der Waals surface area contributed by atoms with Gasteiger partial charge in [-0.05, 0) is 80.0 Å². The number of hydrogen-bond donors (Lipinski definition) is 1. The van der Waals surface area contributed by atoms with E-state index in [9.17, 15) is 8.42 Å². The molecule has 0 amide bonds. The molecule has 31 heavy (non-hydrogen) atoms. The Balaban J connectivity index is 1.29. The minimum absolute atomic E-state index is 0.274. The summed E-state index contributed by atoms with van der Waals surface area (Å²) in [4.78, 5) is 2.50. The van der Waals surface area contributed by atoms with Crippen molar-refractivity contribution in [3.8, 4) is 0 Å². The van der Waals surface area contributed by atoms with E-state index in [4.69, 9.17) is 4.74 Å². The highest BCUT2D eigenvalue weighted by molar-refractivity contribution is 7.87. The van der Waals surface area contributed by atoms with E-state index in [2.05, 4.69) is 34.7 Å². The molecule has 2 saturated heterocycles. The number of hydrogen-bond acceptors (Lipinski definition) is 4. The first-order chi connectivity index (χ1) is 15.0. The molecule has 2 heterocycles. The molecule has 1 aromatic carbocycles. The lowest BCUT2D eigenvalue weighted by molar-refractivity contribution is 0.0374. The topological polar surface area (TPSA) is 61.9 Å². The molecular formula is C24H37N3O3S. The molecule has 7 heteroatoms. The number of ether oxygens (including phenoxy) is 1. The Morgan fingerprint density at radius 1 is 1.10 bits per heavy atom. The second-order valence-corrected chi connectivity index (χ2v) is 11.7. The van der Waals surface area contributed by atoms with Gasteiger partial charge in [0, 0.05) is 26.2 Å². The second kappa shape index (κ2) is 8.75. The van der Waals surface area contributed by atoms with Gasteiger partial charge in [0.05, 0.1) is 18.8 Å². The molecule has 5 rings (SSSR count). The Morgan fingerprint density at radius 2 is 1.84 bits per heavy atom. The number of fused-ring (bicyclic) bond motifs is 1. The van der Waals surface area contributed by atoms with Crippen molar-refractivity contribution in [2.75, 3.05) is 45.9 Å². The fourth-order valence-corrected chi connectivity index (χ4v) is 8.31. The number of benzene rings is 1. The molecule has 172 valence electrons. The predicted octanol–water partition coefficient (Wildman–Crippen LogP) is 2.38. The van der Waals surface area contributed by atoms with Crippen LogP contribution in [-0.2, 0) is 34.2 Å². The van der Waals surface area contributed by atoms with Crippen LogP contribution >= 0.6 is 0 Å².